The Labute approximate surface area is 97.4 Å². The maximum atomic E-state index is 13.3. The van der Waals surface area contributed by atoms with Crippen LogP contribution in [0.2, 0.25) is 0 Å². The fourth-order valence-electron chi connectivity index (χ4n) is 1.38. The van der Waals surface area contributed by atoms with Crippen LogP contribution in [-0.4, -0.2) is 18.1 Å². The van der Waals surface area contributed by atoms with Crippen LogP contribution in [0.3, 0.4) is 0 Å². The van der Waals surface area contributed by atoms with Crippen LogP contribution in [0.5, 0.6) is 0 Å². The Kier molecular flexibility index (Phi) is 4.15. The molecule has 0 saturated carbocycles. The maximum Gasteiger partial charge on any atom is 0.414 e. The molecule has 0 bridgehead atoms. The molecule has 0 aliphatic heterocycles. The molecule has 0 saturated heterocycles. The highest BCUT2D eigenvalue weighted by Gasteiger charge is 2.27. The van der Waals surface area contributed by atoms with Crippen molar-refractivity contribution in [2.24, 2.45) is 0 Å². The van der Waals surface area contributed by atoms with Crippen molar-refractivity contribution in [3.63, 3.8) is 0 Å². The highest BCUT2D eigenvalue weighted by Crippen LogP contribution is 2.26. The van der Waals surface area contributed by atoms with Crippen LogP contribution in [0.15, 0.2) is 42.4 Å². The summed E-state index contributed by atoms with van der Waals surface area (Å²) in [6.07, 6.45) is -4.98. The molecule has 0 aliphatic carbocycles. The van der Waals surface area contributed by atoms with E-state index in [1.807, 2.05) is 0 Å². The van der Waals surface area contributed by atoms with Gasteiger partial charge in [-0.2, -0.15) is 17.6 Å². The summed E-state index contributed by atoms with van der Waals surface area (Å²) in [5.74, 6) is -1.30. The lowest BCUT2D eigenvalue weighted by Gasteiger charge is -2.25. The molecular weight excluding hydrogens is 234 g/mol. The molecule has 0 aromatic heterocycles. The molecule has 1 aromatic rings. The summed E-state index contributed by atoms with van der Waals surface area (Å²) < 4.78 is 49.3. The Bertz CT molecular complexity index is 383. The van der Waals surface area contributed by atoms with E-state index < -0.39 is 18.2 Å². The molecule has 0 N–H and O–H groups in total. The van der Waals surface area contributed by atoms with Crippen LogP contribution in [0.25, 0.3) is 0 Å². The predicted octanol–water partition coefficient (Wildman–Crippen LogP) is 4.05. The number of hydrogen-bond donors (Lipinski definition) is 0. The van der Waals surface area contributed by atoms with Gasteiger partial charge in [-0.3, -0.25) is 0 Å². The summed E-state index contributed by atoms with van der Waals surface area (Å²) in [5.41, 5.74) is 0.751. The Morgan fingerprint density at radius 3 is 2.24 bits per heavy atom. The number of allylic oxidation sites excluding steroid dienone is 1. The third-order valence-corrected chi connectivity index (χ3v) is 2.48. The standard InChI is InChI=1S/C12H13F4N/c1-9(10-6-4-3-5-7-10)17(2)11(13)8-12(14,15)16/h3-9H,1-2H3/b11-8+/t9-/m1/s1. The minimum atomic E-state index is -4.64. The van der Waals surface area contributed by atoms with Crippen molar-refractivity contribution in [1.82, 2.24) is 4.90 Å². The molecule has 1 atom stereocenters. The molecule has 1 aromatic carbocycles. The molecule has 0 heterocycles. The first-order chi connectivity index (χ1) is 7.81. The first-order valence-corrected chi connectivity index (χ1v) is 5.04. The molecule has 0 amide bonds. The average Bonchev–Trinajstić information content (AvgIpc) is 2.26. The second-order valence-corrected chi connectivity index (χ2v) is 3.71. The highest BCUT2D eigenvalue weighted by molar-refractivity contribution is 5.19. The second-order valence-electron chi connectivity index (χ2n) is 3.71. The fraction of sp³-hybridized carbons (Fsp3) is 0.333. The maximum absolute atomic E-state index is 13.3. The van der Waals surface area contributed by atoms with Crippen molar-refractivity contribution < 1.29 is 17.6 Å². The van der Waals surface area contributed by atoms with Crippen LogP contribution < -0.4 is 0 Å². The number of nitrogens with zero attached hydrogens (tertiary/aromatic N) is 1. The van der Waals surface area contributed by atoms with Crippen molar-refractivity contribution in [1.29, 1.82) is 0 Å². The van der Waals surface area contributed by atoms with E-state index in [0.717, 1.165) is 10.5 Å². The Hall–Kier alpha value is -1.52. The third-order valence-electron chi connectivity index (χ3n) is 2.48. The minimum Gasteiger partial charge on any atom is -0.345 e. The van der Waals surface area contributed by atoms with E-state index in [1.165, 1.54) is 7.05 Å². The highest BCUT2D eigenvalue weighted by atomic mass is 19.4. The van der Waals surface area contributed by atoms with E-state index in [4.69, 9.17) is 0 Å². The SMILES string of the molecule is C[C@H](c1ccccc1)N(C)/C(F)=C/C(F)(F)F. The summed E-state index contributed by atoms with van der Waals surface area (Å²) >= 11 is 0. The zero-order valence-corrected chi connectivity index (χ0v) is 9.50. The quantitative estimate of drug-likeness (QED) is 0.575. The molecule has 0 aliphatic rings. The van der Waals surface area contributed by atoms with E-state index in [0.29, 0.717) is 0 Å². The van der Waals surface area contributed by atoms with E-state index in [1.54, 1.807) is 37.3 Å². The Morgan fingerprint density at radius 2 is 1.76 bits per heavy atom. The molecule has 1 rings (SSSR count). The zero-order valence-electron chi connectivity index (χ0n) is 9.50. The molecular formula is C12H13F4N. The summed E-state index contributed by atoms with van der Waals surface area (Å²) in [4.78, 5) is 0.947. The van der Waals surface area contributed by atoms with Gasteiger partial charge in [0.05, 0.1) is 12.1 Å². The van der Waals surface area contributed by atoms with Gasteiger partial charge in [-0.25, -0.2) is 0 Å². The van der Waals surface area contributed by atoms with Crippen molar-refractivity contribution in [3.05, 3.63) is 47.9 Å². The van der Waals surface area contributed by atoms with Gasteiger partial charge in [-0.1, -0.05) is 30.3 Å². The lowest BCUT2D eigenvalue weighted by molar-refractivity contribution is -0.0830. The average molecular weight is 247 g/mol. The van der Waals surface area contributed by atoms with Crippen molar-refractivity contribution >= 4 is 0 Å². The molecule has 1 nitrogen and oxygen atoms in total. The van der Waals surface area contributed by atoms with Gasteiger partial charge in [-0.05, 0) is 12.5 Å². The first-order valence-electron chi connectivity index (χ1n) is 5.04. The van der Waals surface area contributed by atoms with Gasteiger partial charge < -0.3 is 4.90 Å². The van der Waals surface area contributed by atoms with Crippen LogP contribution in [0, 0.1) is 0 Å². The molecule has 0 fully saturated rings. The topological polar surface area (TPSA) is 3.24 Å². The van der Waals surface area contributed by atoms with Gasteiger partial charge in [-0.15, -0.1) is 0 Å². The van der Waals surface area contributed by atoms with Crippen LogP contribution in [-0.2, 0) is 0 Å². The molecule has 0 unspecified atom stereocenters. The van der Waals surface area contributed by atoms with Gasteiger partial charge in [0.15, 0.2) is 5.95 Å². The zero-order chi connectivity index (χ0) is 13.1. The number of alkyl halides is 3. The number of rotatable bonds is 3. The van der Waals surface area contributed by atoms with Gasteiger partial charge in [0, 0.05) is 7.05 Å². The monoisotopic (exact) mass is 247 g/mol. The third kappa shape index (κ3) is 4.09. The molecule has 5 heteroatoms. The van der Waals surface area contributed by atoms with E-state index >= 15 is 0 Å². The Morgan fingerprint density at radius 1 is 1.24 bits per heavy atom. The summed E-state index contributed by atoms with van der Waals surface area (Å²) in [6, 6.07) is 8.31. The molecule has 94 valence electrons. The molecule has 0 spiro atoms. The van der Waals surface area contributed by atoms with Crippen molar-refractivity contribution in [2.45, 2.75) is 19.1 Å². The number of halogens is 4. The smallest absolute Gasteiger partial charge is 0.345 e. The second kappa shape index (κ2) is 5.21. The van der Waals surface area contributed by atoms with Gasteiger partial charge in [0.25, 0.3) is 0 Å². The normalized spacial score (nSPS) is 14.6. The summed E-state index contributed by atoms with van der Waals surface area (Å²) in [7, 11) is 1.29. The van der Waals surface area contributed by atoms with E-state index in [2.05, 4.69) is 0 Å². The van der Waals surface area contributed by atoms with Crippen LogP contribution in [0.1, 0.15) is 18.5 Å². The van der Waals surface area contributed by atoms with Crippen molar-refractivity contribution in [2.75, 3.05) is 7.05 Å². The van der Waals surface area contributed by atoms with Crippen LogP contribution in [0.4, 0.5) is 17.6 Å². The summed E-state index contributed by atoms with van der Waals surface area (Å²) in [6.45, 7) is 1.64. The fourth-order valence-corrected chi connectivity index (χ4v) is 1.38. The van der Waals surface area contributed by atoms with Gasteiger partial charge in [0.1, 0.15) is 0 Å². The van der Waals surface area contributed by atoms with E-state index in [9.17, 15) is 17.6 Å². The first kappa shape index (κ1) is 13.5. The summed E-state index contributed by atoms with van der Waals surface area (Å²) in [5, 5.41) is 0. The van der Waals surface area contributed by atoms with Gasteiger partial charge >= 0.3 is 6.18 Å². The lowest BCUT2D eigenvalue weighted by Crippen LogP contribution is -2.21. The van der Waals surface area contributed by atoms with Crippen molar-refractivity contribution in [3.8, 4) is 0 Å². The lowest BCUT2D eigenvalue weighted by atomic mass is 10.1. The number of benzene rings is 1. The van der Waals surface area contributed by atoms with Crippen LogP contribution >= 0.6 is 0 Å². The van der Waals surface area contributed by atoms with E-state index in [-0.39, 0.29) is 6.08 Å². The molecule has 0 radical (unpaired) electrons. The predicted molar refractivity (Wildman–Crippen MR) is 57.9 cm³/mol. The largest absolute Gasteiger partial charge is 0.414 e. The minimum absolute atomic E-state index is 0.341. The Balaban J connectivity index is 2.84. The van der Waals surface area contributed by atoms with Gasteiger partial charge in [0.2, 0.25) is 0 Å². The molecule has 17 heavy (non-hydrogen) atoms. The number of hydrogen-bond acceptors (Lipinski definition) is 1.